The fourth-order valence-corrected chi connectivity index (χ4v) is 3.78. The lowest BCUT2D eigenvalue weighted by atomic mass is 9.94. The molecular weight excluding hydrogens is 328 g/mol. The molecule has 1 aromatic heterocycles. The normalized spacial score (nSPS) is 12.4. The van der Waals surface area contributed by atoms with Gasteiger partial charge in [0.15, 0.2) is 0 Å². The largest absolute Gasteiger partial charge is 0.342 e. The molecule has 27 heavy (non-hydrogen) atoms. The Labute approximate surface area is 161 Å². The number of aromatic nitrogens is 2. The molecule has 4 aromatic rings. The molecule has 0 bridgehead atoms. The van der Waals surface area contributed by atoms with E-state index in [1.165, 1.54) is 40.7 Å². The second-order valence-electron chi connectivity index (χ2n) is 7.44. The summed E-state index contributed by atoms with van der Waals surface area (Å²) in [5, 5.41) is 0. The van der Waals surface area contributed by atoms with Crippen LogP contribution in [0.5, 0.6) is 0 Å². The van der Waals surface area contributed by atoms with Crippen LogP contribution in [0.2, 0.25) is 0 Å². The lowest BCUT2D eigenvalue weighted by Crippen LogP contribution is -1.92. The summed E-state index contributed by atoms with van der Waals surface area (Å²) >= 11 is 0. The highest BCUT2D eigenvalue weighted by Gasteiger charge is 2.06. The molecule has 1 unspecified atom stereocenters. The maximum Gasteiger partial charge on any atom is 0.104 e. The van der Waals surface area contributed by atoms with E-state index in [0.717, 1.165) is 16.9 Å². The minimum absolute atomic E-state index is 0.632. The minimum Gasteiger partial charge on any atom is -0.342 e. The van der Waals surface area contributed by atoms with Crippen LogP contribution in [0, 0.1) is 6.92 Å². The fourth-order valence-electron chi connectivity index (χ4n) is 3.78. The van der Waals surface area contributed by atoms with E-state index in [2.05, 4.69) is 90.5 Å². The van der Waals surface area contributed by atoms with Crippen molar-refractivity contribution < 1.29 is 0 Å². The van der Waals surface area contributed by atoms with Crippen LogP contribution in [0.1, 0.15) is 44.0 Å². The molecule has 0 aliphatic heterocycles. The number of aryl methyl sites for hydroxylation is 1. The molecule has 2 heteroatoms. The molecule has 0 aliphatic carbocycles. The van der Waals surface area contributed by atoms with E-state index in [0.29, 0.717) is 5.92 Å². The zero-order valence-corrected chi connectivity index (χ0v) is 16.3. The first-order chi connectivity index (χ1) is 13.1. The molecule has 3 aromatic carbocycles. The Morgan fingerprint density at radius 3 is 2.00 bits per heavy atom. The molecule has 1 atom stereocenters. The molecule has 0 radical (unpaired) electrons. The molecule has 1 N–H and O–H groups in total. The van der Waals surface area contributed by atoms with E-state index in [-0.39, 0.29) is 0 Å². The summed E-state index contributed by atoms with van der Waals surface area (Å²) in [5.41, 5.74) is 8.50. The Bertz CT molecular complexity index is 1040. The summed E-state index contributed by atoms with van der Waals surface area (Å²) in [4.78, 5) is 7.80. The van der Waals surface area contributed by atoms with Crippen molar-refractivity contribution in [3.05, 3.63) is 78.1 Å². The number of hydrogen-bond acceptors (Lipinski definition) is 1. The van der Waals surface area contributed by atoms with Crippen LogP contribution in [-0.2, 0) is 0 Å². The average Bonchev–Trinajstić information content (AvgIpc) is 3.07. The van der Waals surface area contributed by atoms with Crippen LogP contribution in [0.4, 0.5) is 0 Å². The van der Waals surface area contributed by atoms with Gasteiger partial charge >= 0.3 is 0 Å². The second kappa shape index (κ2) is 7.40. The van der Waals surface area contributed by atoms with Crippen molar-refractivity contribution in [1.82, 2.24) is 9.97 Å². The van der Waals surface area contributed by atoms with Crippen LogP contribution in [0.15, 0.2) is 66.7 Å². The summed E-state index contributed by atoms with van der Waals surface area (Å²) in [5.74, 6) is 1.58. The van der Waals surface area contributed by atoms with E-state index >= 15 is 0 Å². The number of fused-ring (bicyclic) bond motifs is 1. The third-order valence-electron chi connectivity index (χ3n) is 5.35. The second-order valence-corrected chi connectivity index (χ2v) is 7.44. The minimum atomic E-state index is 0.632. The van der Waals surface area contributed by atoms with E-state index in [1.807, 2.05) is 6.92 Å². The Balaban J connectivity index is 1.57. The van der Waals surface area contributed by atoms with Crippen molar-refractivity contribution in [3.63, 3.8) is 0 Å². The fraction of sp³-hybridized carbons (Fsp3) is 0.240. The molecule has 4 rings (SSSR count). The van der Waals surface area contributed by atoms with Gasteiger partial charge in [0.25, 0.3) is 0 Å². The maximum absolute atomic E-state index is 4.48. The molecule has 2 nitrogen and oxygen atoms in total. The molecule has 1 heterocycles. The summed E-state index contributed by atoms with van der Waals surface area (Å²) in [6.45, 7) is 6.55. The molecule has 0 amide bonds. The zero-order chi connectivity index (χ0) is 18.8. The predicted octanol–water partition coefficient (Wildman–Crippen LogP) is 7.11. The highest BCUT2D eigenvalue weighted by molar-refractivity contribution is 5.82. The van der Waals surface area contributed by atoms with Crippen LogP contribution in [0.25, 0.3) is 33.3 Å². The standard InChI is InChI=1S/C25H26N2/c1-4-5-17(2)19-6-8-20(9-7-19)21-10-12-22(13-11-21)23-14-15-24-25(16-23)27-18(3)26-24/h6-17H,4-5H2,1-3H3,(H,26,27). The van der Waals surface area contributed by atoms with Gasteiger partial charge in [0.05, 0.1) is 11.0 Å². The maximum atomic E-state index is 4.48. The van der Waals surface area contributed by atoms with Gasteiger partial charge < -0.3 is 4.98 Å². The van der Waals surface area contributed by atoms with Gasteiger partial charge in [-0.1, -0.05) is 74.9 Å². The molecule has 136 valence electrons. The number of nitrogens with zero attached hydrogens (tertiary/aromatic N) is 1. The first kappa shape index (κ1) is 17.5. The lowest BCUT2D eigenvalue weighted by molar-refractivity contribution is 0.665. The number of rotatable bonds is 5. The van der Waals surface area contributed by atoms with Crippen molar-refractivity contribution in [2.24, 2.45) is 0 Å². The number of H-pyrrole nitrogens is 1. The first-order valence-corrected chi connectivity index (χ1v) is 9.81. The van der Waals surface area contributed by atoms with Crippen LogP contribution in [-0.4, -0.2) is 9.97 Å². The van der Waals surface area contributed by atoms with E-state index in [9.17, 15) is 0 Å². The topological polar surface area (TPSA) is 28.7 Å². The number of benzene rings is 3. The summed E-state index contributed by atoms with van der Waals surface area (Å²) < 4.78 is 0. The van der Waals surface area contributed by atoms with E-state index < -0.39 is 0 Å². The zero-order valence-electron chi connectivity index (χ0n) is 16.3. The van der Waals surface area contributed by atoms with Gasteiger partial charge in [-0.25, -0.2) is 4.98 Å². The Kier molecular flexibility index (Phi) is 4.81. The summed E-state index contributed by atoms with van der Waals surface area (Å²) in [6.07, 6.45) is 2.47. The lowest BCUT2D eigenvalue weighted by Gasteiger charge is -2.11. The number of nitrogens with one attached hydrogen (secondary N) is 1. The van der Waals surface area contributed by atoms with Gasteiger partial charge in [0.2, 0.25) is 0 Å². The summed E-state index contributed by atoms with van der Waals surface area (Å²) in [6, 6.07) is 24.3. The number of aromatic amines is 1. The molecule has 0 saturated carbocycles. The van der Waals surface area contributed by atoms with Crippen LogP contribution >= 0.6 is 0 Å². The van der Waals surface area contributed by atoms with Crippen LogP contribution in [0.3, 0.4) is 0 Å². The predicted molar refractivity (Wildman–Crippen MR) is 115 cm³/mol. The van der Waals surface area contributed by atoms with Gasteiger partial charge in [-0.15, -0.1) is 0 Å². The van der Waals surface area contributed by atoms with Crippen molar-refractivity contribution in [2.45, 2.75) is 39.5 Å². The Morgan fingerprint density at radius 1 is 0.815 bits per heavy atom. The molecule has 0 fully saturated rings. The molecule has 0 aliphatic rings. The van der Waals surface area contributed by atoms with Crippen molar-refractivity contribution in [2.75, 3.05) is 0 Å². The smallest absolute Gasteiger partial charge is 0.104 e. The number of hydrogen-bond donors (Lipinski definition) is 1. The molecule has 0 saturated heterocycles. The summed E-state index contributed by atoms with van der Waals surface area (Å²) in [7, 11) is 0. The average molecular weight is 354 g/mol. The van der Waals surface area contributed by atoms with E-state index in [1.54, 1.807) is 0 Å². The first-order valence-electron chi connectivity index (χ1n) is 9.81. The van der Waals surface area contributed by atoms with Crippen molar-refractivity contribution in [3.8, 4) is 22.3 Å². The van der Waals surface area contributed by atoms with Gasteiger partial charge in [0.1, 0.15) is 5.82 Å². The van der Waals surface area contributed by atoms with Crippen LogP contribution < -0.4 is 0 Å². The SMILES string of the molecule is CCCC(C)c1ccc(-c2ccc(-c3ccc4nc(C)[nH]c4c3)cc2)cc1. The molecular formula is C25H26N2. The van der Waals surface area contributed by atoms with Gasteiger partial charge in [-0.3, -0.25) is 0 Å². The number of imidazole rings is 1. The highest BCUT2D eigenvalue weighted by Crippen LogP contribution is 2.28. The Hall–Kier alpha value is -2.87. The third-order valence-corrected chi connectivity index (χ3v) is 5.35. The third kappa shape index (κ3) is 3.66. The van der Waals surface area contributed by atoms with Gasteiger partial charge in [-0.2, -0.15) is 0 Å². The van der Waals surface area contributed by atoms with Gasteiger partial charge in [-0.05, 0) is 59.2 Å². The monoisotopic (exact) mass is 354 g/mol. The quantitative estimate of drug-likeness (QED) is 0.406. The Morgan fingerprint density at radius 2 is 1.37 bits per heavy atom. The van der Waals surface area contributed by atoms with Crippen molar-refractivity contribution in [1.29, 1.82) is 0 Å². The van der Waals surface area contributed by atoms with E-state index in [4.69, 9.17) is 0 Å². The van der Waals surface area contributed by atoms with Gasteiger partial charge in [0, 0.05) is 0 Å². The van der Waals surface area contributed by atoms with Crippen molar-refractivity contribution >= 4 is 11.0 Å². The molecule has 0 spiro atoms. The highest BCUT2D eigenvalue weighted by atomic mass is 14.9.